The lowest BCUT2D eigenvalue weighted by Crippen LogP contribution is -2.31. The highest BCUT2D eigenvalue weighted by Gasteiger charge is 2.13. The minimum atomic E-state index is -0.0439. The van der Waals surface area contributed by atoms with E-state index in [1.807, 2.05) is 65.4 Å². The van der Waals surface area contributed by atoms with Crippen LogP contribution in [-0.2, 0) is 17.1 Å². The van der Waals surface area contributed by atoms with Crippen LogP contribution in [0.5, 0.6) is 5.75 Å². The maximum Gasteiger partial charge on any atom is 0.240 e. The van der Waals surface area contributed by atoms with Crippen molar-refractivity contribution in [2.45, 2.75) is 12.3 Å². The number of amides is 1. The Morgan fingerprint density at radius 3 is 2.72 bits per heavy atom. The molecule has 5 nitrogen and oxygen atoms in total. The van der Waals surface area contributed by atoms with Crippen LogP contribution in [0.4, 0.5) is 0 Å². The fourth-order valence-corrected chi connectivity index (χ4v) is 3.84. The number of aromatic nitrogens is 2. The molecule has 0 atom stereocenters. The summed E-state index contributed by atoms with van der Waals surface area (Å²) in [6, 6.07) is 22.1. The van der Waals surface area contributed by atoms with E-state index in [9.17, 15) is 4.79 Å². The van der Waals surface area contributed by atoms with Crippen molar-refractivity contribution in [3.63, 3.8) is 0 Å². The van der Waals surface area contributed by atoms with Gasteiger partial charge in [-0.2, -0.15) is 11.8 Å². The smallest absolute Gasteiger partial charge is 0.240 e. The third-order valence-corrected chi connectivity index (χ3v) is 5.27. The Morgan fingerprint density at radius 2 is 1.86 bits per heavy atom. The Kier molecular flexibility index (Phi) is 6.00. The van der Waals surface area contributed by atoms with Gasteiger partial charge in [0, 0.05) is 0 Å². The van der Waals surface area contributed by atoms with Crippen molar-refractivity contribution in [3.8, 4) is 5.75 Å². The Morgan fingerprint density at radius 1 is 1.07 bits per heavy atom. The summed E-state index contributed by atoms with van der Waals surface area (Å²) >= 11 is 1.70. The minimum Gasteiger partial charge on any atom is -0.492 e. The van der Waals surface area contributed by atoms with Gasteiger partial charge in [-0.05, 0) is 41.3 Å². The molecule has 0 fully saturated rings. The van der Waals surface area contributed by atoms with E-state index in [1.165, 1.54) is 5.39 Å². The van der Waals surface area contributed by atoms with E-state index in [-0.39, 0.29) is 12.5 Å². The molecule has 0 radical (unpaired) electrons. The lowest BCUT2D eigenvalue weighted by Gasteiger charge is -2.11. The average molecular weight is 406 g/mol. The van der Waals surface area contributed by atoms with Gasteiger partial charge in [0.05, 0.1) is 23.3 Å². The molecule has 0 unspecified atom stereocenters. The molecule has 148 valence electrons. The standard InChI is InChI=1S/C23H23N3O2S/c1-29-16-22-25-20-8-4-5-9-21(20)26(22)15-23(27)24-12-13-28-19-11-10-17-6-2-3-7-18(17)14-19/h2-11,14H,12-13,15-16H2,1H3,(H,24,27). The molecule has 0 spiro atoms. The summed E-state index contributed by atoms with van der Waals surface area (Å²) < 4.78 is 7.79. The summed E-state index contributed by atoms with van der Waals surface area (Å²) in [5, 5.41) is 5.27. The summed E-state index contributed by atoms with van der Waals surface area (Å²) in [6.07, 6.45) is 2.04. The second kappa shape index (κ2) is 9.01. The van der Waals surface area contributed by atoms with Crippen LogP contribution in [0.25, 0.3) is 21.8 Å². The number of thioether (sulfide) groups is 1. The van der Waals surface area contributed by atoms with Crippen LogP contribution in [-0.4, -0.2) is 34.9 Å². The Hall–Kier alpha value is -2.99. The molecule has 29 heavy (non-hydrogen) atoms. The lowest BCUT2D eigenvalue weighted by atomic mass is 10.1. The average Bonchev–Trinajstić information content (AvgIpc) is 3.08. The van der Waals surface area contributed by atoms with Crippen molar-refractivity contribution >= 4 is 39.5 Å². The normalized spacial score (nSPS) is 11.1. The number of nitrogens with zero attached hydrogens (tertiary/aromatic N) is 2. The van der Waals surface area contributed by atoms with Gasteiger partial charge in [0.1, 0.15) is 24.7 Å². The fourth-order valence-electron chi connectivity index (χ4n) is 3.36. The van der Waals surface area contributed by atoms with E-state index in [1.54, 1.807) is 11.8 Å². The molecule has 0 aliphatic rings. The molecule has 1 amide bonds. The highest BCUT2D eigenvalue weighted by Crippen LogP contribution is 2.21. The van der Waals surface area contributed by atoms with Crippen LogP contribution in [0.15, 0.2) is 66.7 Å². The van der Waals surface area contributed by atoms with Gasteiger partial charge in [-0.25, -0.2) is 4.98 Å². The summed E-state index contributed by atoms with van der Waals surface area (Å²) in [5.41, 5.74) is 1.91. The van der Waals surface area contributed by atoms with Crippen molar-refractivity contribution in [2.24, 2.45) is 0 Å². The van der Waals surface area contributed by atoms with Crippen LogP contribution >= 0.6 is 11.8 Å². The lowest BCUT2D eigenvalue weighted by molar-refractivity contribution is -0.121. The maximum atomic E-state index is 12.5. The maximum absolute atomic E-state index is 12.5. The molecule has 3 aromatic carbocycles. The molecular formula is C23H23N3O2S. The van der Waals surface area contributed by atoms with Gasteiger partial charge in [0.2, 0.25) is 5.91 Å². The number of rotatable bonds is 8. The Bertz CT molecular complexity index is 1140. The zero-order valence-electron chi connectivity index (χ0n) is 16.3. The molecule has 6 heteroatoms. The second-order valence-corrected chi connectivity index (χ2v) is 7.61. The molecule has 0 bridgehead atoms. The number of carbonyl (C=O) groups excluding carboxylic acids is 1. The first-order chi connectivity index (χ1) is 14.2. The van der Waals surface area contributed by atoms with E-state index in [2.05, 4.69) is 22.4 Å². The molecule has 0 saturated carbocycles. The van der Waals surface area contributed by atoms with E-state index in [0.29, 0.717) is 13.2 Å². The van der Waals surface area contributed by atoms with Crippen molar-refractivity contribution in [3.05, 3.63) is 72.6 Å². The van der Waals surface area contributed by atoms with Gasteiger partial charge < -0.3 is 14.6 Å². The highest BCUT2D eigenvalue weighted by molar-refractivity contribution is 7.97. The first kappa shape index (κ1) is 19.3. The summed E-state index contributed by atoms with van der Waals surface area (Å²) in [4.78, 5) is 17.1. The number of para-hydroxylation sites is 2. The predicted molar refractivity (Wildman–Crippen MR) is 119 cm³/mol. The van der Waals surface area contributed by atoms with Crippen molar-refractivity contribution in [2.75, 3.05) is 19.4 Å². The monoisotopic (exact) mass is 405 g/mol. The van der Waals surface area contributed by atoms with Gasteiger partial charge in [0.25, 0.3) is 0 Å². The van der Waals surface area contributed by atoms with Crippen molar-refractivity contribution in [1.82, 2.24) is 14.9 Å². The topological polar surface area (TPSA) is 56.2 Å². The largest absolute Gasteiger partial charge is 0.492 e. The number of nitrogens with one attached hydrogen (secondary N) is 1. The van der Waals surface area contributed by atoms with Crippen LogP contribution in [0.3, 0.4) is 0 Å². The number of ether oxygens (including phenoxy) is 1. The molecule has 4 rings (SSSR count). The molecule has 1 N–H and O–H groups in total. The number of hydrogen-bond acceptors (Lipinski definition) is 4. The number of imidazole rings is 1. The first-order valence-electron chi connectivity index (χ1n) is 9.56. The van der Waals surface area contributed by atoms with E-state index in [0.717, 1.165) is 33.7 Å². The fraction of sp³-hybridized carbons (Fsp3) is 0.217. The molecule has 1 heterocycles. The number of benzene rings is 3. The van der Waals surface area contributed by atoms with E-state index in [4.69, 9.17) is 4.74 Å². The third-order valence-electron chi connectivity index (χ3n) is 4.72. The van der Waals surface area contributed by atoms with E-state index >= 15 is 0 Å². The molecule has 1 aromatic heterocycles. The number of hydrogen-bond donors (Lipinski definition) is 1. The zero-order valence-corrected chi connectivity index (χ0v) is 17.1. The van der Waals surface area contributed by atoms with Crippen LogP contribution in [0.1, 0.15) is 5.82 Å². The molecule has 0 saturated heterocycles. The Labute approximate surface area is 174 Å². The van der Waals surface area contributed by atoms with Gasteiger partial charge in [-0.1, -0.05) is 42.5 Å². The van der Waals surface area contributed by atoms with Crippen molar-refractivity contribution < 1.29 is 9.53 Å². The van der Waals surface area contributed by atoms with Crippen LogP contribution < -0.4 is 10.1 Å². The molecule has 0 aliphatic carbocycles. The van der Waals surface area contributed by atoms with Crippen LogP contribution in [0, 0.1) is 0 Å². The summed E-state index contributed by atoms with van der Waals surface area (Å²) in [7, 11) is 0. The van der Waals surface area contributed by atoms with Gasteiger partial charge in [0.15, 0.2) is 0 Å². The second-order valence-electron chi connectivity index (χ2n) is 6.74. The van der Waals surface area contributed by atoms with Gasteiger partial charge in [-0.15, -0.1) is 0 Å². The Balaban J connectivity index is 1.33. The number of fused-ring (bicyclic) bond motifs is 2. The SMILES string of the molecule is CSCc1nc2ccccc2n1CC(=O)NCCOc1ccc2ccccc2c1. The zero-order chi connectivity index (χ0) is 20.1. The molecule has 4 aromatic rings. The summed E-state index contributed by atoms with van der Waals surface area (Å²) in [6.45, 7) is 1.13. The predicted octanol–water partition coefficient (Wildman–Crippen LogP) is 4.25. The summed E-state index contributed by atoms with van der Waals surface area (Å²) in [5.74, 6) is 2.45. The molecular weight excluding hydrogens is 382 g/mol. The van der Waals surface area contributed by atoms with Crippen LogP contribution in [0.2, 0.25) is 0 Å². The highest BCUT2D eigenvalue weighted by atomic mass is 32.2. The molecule has 0 aliphatic heterocycles. The quantitative estimate of drug-likeness (QED) is 0.445. The number of carbonyl (C=O) groups is 1. The minimum absolute atomic E-state index is 0.0439. The third kappa shape index (κ3) is 4.54. The van der Waals surface area contributed by atoms with E-state index < -0.39 is 0 Å². The van der Waals surface area contributed by atoms with Gasteiger partial charge >= 0.3 is 0 Å². The van der Waals surface area contributed by atoms with Gasteiger partial charge in [-0.3, -0.25) is 4.79 Å². The first-order valence-corrected chi connectivity index (χ1v) is 11.0. The van der Waals surface area contributed by atoms with Crippen molar-refractivity contribution in [1.29, 1.82) is 0 Å².